The summed E-state index contributed by atoms with van der Waals surface area (Å²) in [5, 5.41) is 0. The molecule has 1 fully saturated rings. The van der Waals surface area contributed by atoms with E-state index in [9.17, 15) is 13.6 Å². The molecule has 3 rings (SSSR count). The molecule has 152 valence electrons. The lowest BCUT2D eigenvalue weighted by molar-refractivity contribution is -0.140. The number of carbonyl (C=O) groups excluding carboxylic acids is 1. The monoisotopic (exact) mass is 393 g/mol. The molecule has 1 aromatic carbocycles. The van der Waals surface area contributed by atoms with Gasteiger partial charge in [-0.25, -0.2) is 8.78 Å². The van der Waals surface area contributed by atoms with Crippen molar-refractivity contribution in [2.45, 2.75) is 32.3 Å². The van der Waals surface area contributed by atoms with E-state index < -0.39 is 11.6 Å². The Bertz CT molecular complexity index is 793. The van der Waals surface area contributed by atoms with Gasteiger partial charge in [-0.05, 0) is 49.4 Å². The standard InChI is InChI=1S/C21H25F2NO4/c1-24(9-3-4-20(25)26-2)21-17(22)10-15(11-18(21)23)19-8-7-16(28-19)13-27-12-14-5-6-14/h7-8,10-11,14H,3-6,9,12-13H2,1-2H3. The van der Waals surface area contributed by atoms with Crippen molar-refractivity contribution in [1.29, 1.82) is 0 Å². The van der Waals surface area contributed by atoms with E-state index in [1.165, 1.54) is 37.0 Å². The van der Waals surface area contributed by atoms with E-state index in [1.54, 1.807) is 19.2 Å². The zero-order valence-corrected chi connectivity index (χ0v) is 16.2. The number of ether oxygens (including phenoxy) is 2. The lowest BCUT2D eigenvalue weighted by Gasteiger charge is -2.20. The zero-order valence-electron chi connectivity index (χ0n) is 16.2. The SMILES string of the molecule is COC(=O)CCCN(C)c1c(F)cc(-c2ccc(COCC3CC3)o2)cc1F. The van der Waals surface area contributed by atoms with Crippen molar-refractivity contribution in [1.82, 2.24) is 0 Å². The predicted octanol–water partition coefficient (Wildman–Crippen LogP) is 4.54. The molecule has 0 N–H and O–H groups in total. The van der Waals surface area contributed by atoms with Crippen molar-refractivity contribution < 1.29 is 27.5 Å². The molecule has 0 unspecified atom stereocenters. The Balaban J connectivity index is 1.63. The first-order valence-electron chi connectivity index (χ1n) is 9.41. The summed E-state index contributed by atoms with van der Waals surface area (Å²) in [6.45, 7) is 1.39. The average Bonchev–Trinajstić information content (AvgIpc) is 3.36. The zero-order chi connectivity index (χ0) is 20.1. The van der Waals surface area contributed by atoms with E-state index in [-0.39, 0.29) is 18.1 Å². The Morgan fingerprint density at radius 1 is 1.25 bits per heavy atom. The van der Waals surface area contributed by atoms with Crippen LogP contribution in [0.5, 0.6) is 0 Å². The normalized spacial score (nSPS) is 13.6. The minimum Gasteiger partial charge on any atom is -0.469 e. The summed E-state index contributed by atoms with van der Waals surface area (Å²) in [5.41, 5.74) is 0.198. The van der Waals surface area contributed by atoms with Crippen LogP contribution in [0.15, 0.2) is 28.7 Å². The van der Waals surface area contributed by atoms with Crippen LogP contribution in [0.3, 0.4) is 0 Å². The van der Waals surface area contributed by atoms with Gasteiger partial charge in [0.2, 0.25) is 0 Å². The van der Waals surface area contributed by atoms with Crippen molar-refractivity contribution in [3.05, 3.63) is 41.7 Å². The van der Waals surface area contributed by atoms with Crippen LogP contribution >= 0.6 is 0 Å². The summed E-state index contributed by atoms with van der Waals surface area (Å²) >= 11 is 0. The topological polar surface area (TPSA) is 51.9 Å². The molecule has 28 heavy (non-hydrogen) atoms. The maximum atomic E-state index is 14.6. The first-order chi connectivity index (χ1) is 13.5. The minimum atomic E-state index is -0.682. The Hall–Kier alpha value is -2.41. The van der Waals surface area contributed by atoms with Gasteiger partial charge in [0.25, 0.3) is 0 Å². The maximum absolute atomic E-state index is 14.6. The molecule has 0 spiro atoms. The molecule has 0 amide bonds. The number of hydrogen-bond acceptors (Lipinski definition) is 5. The molecule has 0 aliphatic heterocycles. The van der Waals surface area contributed by atoms with E-state index in [2.05, 4.69) is 4.74 Å². The van der Waals surface area contributed by atoms with Gasteiger partial charge >= 0.3 is 5.97 Å². The fourth-order valence-corrected chi connectivity index (χ4v) is 2.97. The molecular weight excluding hydrogens is 368 g/mol. The Morgan fingerprint density at radius 2 is 1.96 bits per heavy atom. The summed E-state index contributed by atoms with van der Waals surface area (Å²) in [4.78, 5) is 12.6. The highest BCUT2D eigenvalue weighted by Crippen LogP contribution is 2.31. The first-order valence-corrected chi connectivity index (χ1v) is 9.41. The average molecular weight is 393 g/mol. The van der Waals surface area contributed by atoms with Gasteiger partial charge < -0.3 is 18.8 Å². The Labute approximate surface area is 163 Å². The fourth-order valence-electron chi connectivity index (χ4n) is 2.97. The lowest BCUT2D eigenvalue weighted by Crippen LogP contribution is -2.22. The number of halogens is 2. The van der Waals surface area contributed by atoms with Crippen molar-refractivity contribution >= 4 is 11.7 Å². The highest BCUT2D eigenvalue weighted by atomic mass is 19.1. The van der Waals surface area contributed by atoms with E-state index in [4.69, 9.17) is 9.15 Å². The van der Waals surface area contributed by atoms with Crippen LogP contribution in [-0.4, -0.2) is 33.3 Å². The number of nitrogens with zero attached hydrogens (tertiary/aromatic N) is 1. The molecule has 1 saturated carbocycles. The van der Waals surface area contributed by atoms with Crippen molar-refractivity contribution in [3.63, 3.8) is 0 Å². The fraction of sp³-hybridized carbons (Fsp3) is 0.476. The smallest absolute Gasteiger partial charge is 0.305 e. The first kappa shape index (κ1) is 20.3. The highest BCUT2D eigenvalue weighted by Gasteiger charge is 2.21. The van der Waals surface area contributed by atoms with E-state index >= 15 is 0 Å². The van der Waals surface area contributed by atoms with Gasteiger partial charge in [-0.2, -0.15) is 0 Å². The van der Waals surface area contributed by atoms with Gasteiger partial charge in [-0.15, -0.1) is 0 Å². The number of furan rings is 1. The number of esters is 1. The number of hydrogen-bond donors (Lipinski definition) is 0. The van der Waals surface area contributed by atoms with Crippen LogP contribution in [0, 0.1) is 17.6 Å². The second-order valence-electron chi connectivity index (χ2n) is 7.11. The molecule has 1 aromatic heterocycles. The third-order valence-electron chi connectivity index (χ3n) is 4.74. The molecule has 1 aliphatic carbocycles. The second kappa shape index (κ2) is 9.19. The quantitative estimate of drug-likeness (QED) is 0.555. The molecule has 5 nitrogen and oxygen atoms in total. The number of carbonyl (C=O) groups is 1. The van der Waals surface area contributed by atoms with Gasteiger partial charge in [0.15, 0.2) is 0 Å². The van der Waals surface area contributed by atoms with E-state index in [0.29, 0.717) is 42.6 Å². The molecule has 7 heteroatoms. The molecule has 2 aromatic rings. The van der Waals surface area contributed by atoms with Crippen LogP contribution < -0.4 is 4.90 Å². The minimum absolute atomic E-state index is 0.131. The van der Waals surface area contributed by atoms with Crippen LogP contribution in [0.4, 0.5) is 14.5 Å². The van der Waals surface area contributed by atoms with Crippen LogP contribution in [0.2, 0.25) is 0 Å². The summed E-state index contributed by atoms with van der Waals surface area (Å²) in [6.07, 6.45) is 3.06. The van der Waals surface area contributed by atoms with Gasteiger partial charge in [-0.3, -0.25) is 4.79 Å². The largest absolute Gasteiger partial charge is 0.469 e. The van der Waals surface area contributed by atoms with Crippen LogP contribution in [0.25, 0.3) is 11.3 Å². The summed E-state index contributed by atoms with van der Waals surface area (Å²) < 4.78 is 44.9. The van der Waals surface area contributed by atoms with Crippen LogP contribution in [-0.2, 0) is 20.9 Å². The molecule has 0 bridgehead atoms. The summed E-state index contributed by atoms with van der Waals surface area (Å²) in [6, 6.07) is 5.94. The molecule has 1 aliphatic rings. The molecule has 1 heterocycles. The predicted molar refractivity (Wildman–Crippen MR) is 101 cm³/mol. The summed E-state index contributed by atoms with van der Waals surface area (Å²) in [5.74, 6) is -0.0330. The van der Waals surface area contributed by atoms with Gasteiger partial charge in [0.1, 0.15) is 35.4 Å². The van der Waals surface area contributed by atoms with Crippen molar-refractivity contribution in [2.75, 3.05) is 32.2 Å². The third-order valence-corrected chi connectivity index (χ3v) is 4.74. The van der Waals surface area contributed by atoms with E-state index in [1.807, 2.05) is 0 Å². The van der Waals surface area contributed by atoms with Crippen molar-refractivity contribution in [3.8, 4) is 11.3 Å². The van der Waals surface area contributed by atoms with Gasteiger partial charge in [-0.1, -0.05) is 0 Å². The lowest BCUT2D eigenvalue weighted by atomic mass is 10.1. The second-order valence-corrected chi connectivity index (χ2v) is 7.11. The molecule has 0 radical (unpaired) electrons. The number of anilines is 1. The number of rotatable bonds is 10. The molecular formula is C21H25F2NO4. The molecule has 0 saturated heterocycles. The highest BCUT2D eigenvalue weighted by molar-refractivity contribution is 5.69. The number of benzene rings is 1. The van der Waals surface area contributed by atoms with Crippen molar-refractivity contribution in [2.24, 2.45) is 5.92 Å². The van der Waals surface area contributed by atoms with E-state index in [0.717, 1.165) is 6.61 Å². The Morgan fingerprint density at radius 3 is 2.61 bits per heavy atom. The Kier molecular flexibility index (Phi) is 6.67. The summed E-state index contributed by atoms with van der Waals surface area (Å²) in [7, 11) is 2.89. The van der Waals surface area contributed by atoms with Gasteiger partial charge in [0.05, 0.1) is 7.11 Å². The maximum Gasteiger partial charge on any atom is 0.305 e. The van der Waals surface area contributed by atoms with Gasteiger partial charge in [0, 0.05) is 32.2 Å². The third kappa shape index (κ3) is 5.32. The number of methoxy groups -OCH3 is 1. The molecule has 0 atom stereocenters. The van der Waals surface area contributed by atoms with Crippen LogP contribution in [0.1, 0.15) is 31.4 Å².